The minimum absolute atomic E-state index is 0.273. The van der Waals surface area contributed by atoms with E-state index in [9.17, 15) is 0 Å². The van der Waals surface area contributed by atoms with Crippen molar-refractivity contribution in [2.45, 2.75) is 82.8 Å². The van der Waals surface area contributed by atoms with Crippen molar-refractivity contribution in [1.82, 2.24) is 9.80 Å². The van der Waals surface area contributed by atoms with Crippen LogP contribution < -0.4 is 0 Å². The Morgan fingerprint density at radius 3 is 2.18 bits per heavy atom. The molecule has 3 nitrogen and oxygen atoms in total. The zero-order valence-electron chi connectivity index (χ0n) is 21.8. The maximum atomic E-state index is 6.78. The Bertz CT molecular complexity index is 904. The van der Waals surface area contributed by atoms with Crippen LogP contribution >= 0.6 is 11.6 Å². The average Bonchev–Trinajstić information content (AvgIpc) is 2.80. The maximum absolute atomic E-state index is 6.78. The SMILES string of the molecule is CC(C)(C)[Si](C)(C)OC1CCN([C@@H]2CCN(Cc3ccccc3)C[C@@H]2c2ccc(Cl)cc2)CC1. The van der Waals surface area contributed by atoms with Crippen molar-refractivity contribution in [1.29, 1.82) is 0 Å². The molecule has 2 heterocycles. The lowest BCUT2D eigenvalue weighted by atomic mass is 9.84. The highest BCUT2D eigenvalue weighted by molar-refractivity contribution is 6.74. The predicted octanol–water partition coefficient (Wildman–Crippen LogP) is 7.18. The minimum Gasteiger partial charge on any atom is -0.414 e. The molecule has 0 N–H and O–H groups in total. The summed E-state index contributed by atoms with van der Waals surface area (Å²) in [5, 5.41) is 1.09. The molecule has 2 atom stereocenters. The Morgan fingerprint density at radius 1 is 0.912 bits per heavy atom. The van der Waals surface area contributed by atoms with Crippen molar-refractivity contribution in [3.63, 3.8) is 0 Å². The fourth-order valence-electron chi connectivity index (χ4n) is 5.39. The molecule has 2 aromatic carbocycles. The van der Waals surface area contributed by atoms with Gasteiger partial charge in [-0.2, -0.15) is 0 Å². The van der Waals surface area contributed by atoms with Crippen LogP contribution in [0.4, 0.5) is 0 Å². The predicted molar refractivity (Wildman–Crippen MR) is 147 cm³/mol. The molecule has 0 amide bonds. The molecular formula is C29H43ClN2OSi. The summed E-state index contributed by atoms with van der Waals surface area (Å²) in [4.78, 5) is 5.41. The van der Waals surface area contributed by atoms with Crippen LogP contribution in [0, 0.1) is 0 Å². The van der Waals surface area contributed by atoms with Crippen molar-refractivity contribution in [2.24, 2.45) is 0 Å². The molecule has 0 aromatic heterocycles. The Labute approximate surface area is 213 Å². The van der Waals surface area contributed by atoms with Gasteiger partial charge in [0.1, 0.15) is 0 Å². The first-order valence-electron chi connectivity index (χ1n) is 13.1. The molecule has 2 saturated heterocycles. The number of halogens is 1. The second-order valence-corrected chi connectivity index (χ2v) is 17.0. The number of benzene rings is 2. The Hall–Kier alpha value is -1.17. The highest BCUT2D eigenvalue weighted by Gasteiger charge is 2.41. The summed E-state index contributed by atoms with van der Waals surface area (Å²) < 4.78 is 6.78. The number of piperidine rings is 2. The van der Waals surface area contributed by atoms with Crippen molar-refractivity contribution in [3.8, 4) is 0 Å². The number of rotatable bonds is 6. The van der Waals surface area contributed by atoms with E-state index < -0.39 is 8.32 Å². The summed E-state index contributed by atoms with van der Waals surface area (Å²) in [5.74, 6) is 0.507. The molecule has 5 heteroatoms. The first kappa shape index (κ1) is 25.9. The van der Waals surface area contributed by atoms with Crippen LogP contribution in [-0.2, 0) is 11.0 Å². The van der Waals surface area contributed by atoms with Crippen molar-refractivity contribution >= 4 is 19.9 Å². The quantitative estimate of drug-likeness (QED) is 0.392. The first-order valence-corrected chi connectivity index (χ1v) is 16.3. The van der Waals surface area contributed by atoms with Crippen molar-refractivity contribution in [2.75, 3.05) is 26.2 Å². The van der Waals surface area contributed by atoms with Gasteiger partial charge in [0.2, 0.25) is 0 Å². The lowest BCUT2D eigenvalue weighted by molar-refractivity contribution is 0.0313. The van der Waals surface area contributed by atoms with Gasteiger partial charge in [-0.15, -0.1) is 0 Å². The Kier molecular flexibility index (Phi) is 8.26. The van der Waals surface area contributed by atoms with E-state index in [1.165, 1.54) is 17.5 Å². The molecule has 0 radical (unpaired) electrons. The van der Waals surface area contributed by atoms with E-state index in [1.807, 2.05) is 0 Å². The van der Waals surface area contributed by atoms with E-state index in [2.05, 4.69) is 98.3 Å². The van der Waals surface area contributed by atoms with E-state index in [0.29, 0.717) is 18.1 Å². The second kappa shape index (κ2) is 10.8. The molecule has 2 fully saturated rings. The molecule has 0 aliphatic carbocycles. The molecule has 0 bridgehead atoms. The van der Waals surface area contributed by atoms with Crippen LogP contribution in [0.15, 0.2) is 54.6 Å². The normalized spacial score (nSPS) is 23.8. The van der Waals surface area contributed by atoms with Crippen molar-refractivity contribution in [3.05, 3.63) is 70.7 Å². The second-order valence-electron chi connectivity index (χ2n) is 11.8. The highest BCUT2D eigenvalue weighted by Crippen LogP contribution is 2.39. The summed E-state index contributed by atoms with van der Waals surface area (Å²) in [5.41, 5.74) is 2.83. The number of nitrogens with zero attached hydrogens (tertiary/aromatic N) is 2. The summed E-state index contributed by atoms with van der Waals surface area (Å²) in [6, 6.07) is 20.1. The Morgan fingerprint density at radius 2 is 1.56 bits per heavy atom. The smallest absolute Gasteiger partial charge is 0.192 e. The topological polar surface area (TPSA) is 15.7 Å². The molecule has 2 aliphatic heterocycles. The van der Waals surface area contributed by atoms with E-state index >= 15 is 0 Å². The monoisotopic (exact) mass is 498 g/mol. The summed E-state index contributed by atoms with van der Waals surface area (Å²) >= 11 is 6.24. The standard InChI is InChI=1S/C29H43ClN2OSi/c1-29(2,3)34(4,5)33-26-15-19-32(20-16-26)28-17-18-31(21-23-9-7-6-8-10-23)22-27(28)24-11-13-25(30)14-12-24/h6-14,26-28H,15-22H2,1-5H3/t27-,28-/m1/s1. The van der Waals surface area contributed by atoms with Gasteiger partial charge in [-0.05, 0) is 60.7 Å². The summed E-state index contributed by atoms with van der Waals surface area (Å²) in [6.45, 7) is 17.4. The van der Waals surface area contributed by atoms with Gasteiger partial charge >= 0.3 is 0 Å². The Balaban J connectivity index is 1.43. The van der Waals surface area contributed by atoms with Crippen LogP contribution in [-0.4, -0.2) is 56.4 Å². The molecule has 0 spiro atoms. The number of likely N-dealkylation sites (tertiary alicyclic amines) is 2. The lowest BCUT2D eigenvalue weighted by Gasteiger charge is -2.47. The molecule has 2 aliphatic rings. The third kappa shape index (κ3) is 6.33. The third-order valence-electron chi connectivity index (χ3n) is 8.42. The van der Waals surface area contributed by atoms with E-state index in [4.69, 9.17) is 16.0 Å². The van der Waals surface area contributed by atoms with Gasteiger partial charge < -0.3 is 4.43 Å². The minimum atomic E-state index is -1.71. The van der Waals surface area contributed by atoms with Crippen LogP contribution in [0.5, 0.6) is 0 Å². The van der Waals surface area contributed by atoms with Crippen molar-refractivity contribution < 1.29 is 4.43 Å². The molecule has 34 heavy (non-hydrogen) atoms. The number of hydrogen-bond donors (Lipinski definition) is 0. The molecule has 186 valence electrons. The van der Waals surface area contributed by atoms with Crippen LogP contribution in [0.25, 0.3) is 0 Å². The highest BCUT2D eigenvalue weighted by atomic mass is 35.5. The van der Waals surface area contributed by atoms with E-state index in [1.54, 1.807) is 0 Å². The molecule has 4 rings (SSSR count). The van der Waals surface area contributed by atoms with E-state index in [0.717, 1.165) is 50.6 Å². The maximum Gasteiger partial charge on any atom is 0.192 e. The van der Waals surface area contributed by atoms with Crippen LogP contribution in [0.1, 0.15) is 57.1 Å². The number of hydrogen-bond acceptors (Lipinski definition) is 3. The van der Waals surface area contributed by atoms with Crippen LogP contribution in [0.2, 0.25) is 23.2 Å². The molecule has 0 saturated carbocycles. The zero-order valence-corrected chi connectivity index (χ0v) is 23.5. The van der Waals surface area contributed by atoms with Gasteiger partial charge in [-0.1, -0.05) is 74.8 Å². The van der Waals surface area contributed by atoms with Gasteiger partial charge in [0.15, 0.2) is 8.32 Å². The third-order valence-corrected chi connectivity index (χ3v) is 13.2. The molecular weight excluding hydrogens is 456 g/mol. The first-order chi connectivity index (χ1) is 16.1. The molecule has 0 unspecified atom stereocenters. The van der Waals surface area contributed by atoms with Gasteiger partial charge in [0, 0.05) is 55.8 Å². The fraction of sp³-hybridized carbons (Fsp3) is 0.586. The zero-order chi connectivity index (χ0) is 24.3. The summed E-state index contributed by atoms with van der Waals surface area (Å²) in [6.07, 6.45) is 3.95. The van der Waals surface area contributed by atoms with Gasteiger partial charge in [0.25, 0.3) is 0 Å². The van der Waals surface area contributed by atoms with Crippen LogP contribution in [0.3, 0.4) is 0 Å². The van der Waals surface area contributed by atoms with Gasteiger partial charge in [0.05, 0.1) is 0 Å². The molecule has 2 aromatic rings. The summed E-state index contributed by atoms with van der Waals surface area (Å²) in [7, 11) is -1.71. The average molecular weight is 499 g/mol. The fourth-order valence-corrected chi connectivity index (χ4v) is 6.93. The van der Waals surface area contributed by atoms with Gasteiger partial charge in [-0.25, -0.2) is 0 Å². The largest absolute Gasteiger partial charge is 0.414 e. The van der Waals surface area contributed by atoms with Gasteiger partial charge in [-0.3, -0.25) is 9.80 Å². The lowest BCUT2D eigenvalue weighted by Crippen LogP contribution is -2.53. The van der Waals surface area contributed by atoms with E-state index in [-0.39, 0.29) is 5.04 Å².